The lowest BCUT2D eigenvalue weighted by atomic mass is 9.63. The van der Waals surface area contributed by atoms with Gasteiger partial charge in [0.1, 0.15) is 5.56 Å². The monoisotopic (exact) mass is 330 g/mol. The third-order valence-corrected chi connectivity index (χ3v) is 5.14. The van der Waals surface area contributed by atoms with Crippen molar-refractivity contribution in [1.82, 2.24) is 9.78 Å². The first-order valence-corrected chi connectivity index (χ1v) is 7.68. The summed E-state index contributed by atoms with van der Waals surface area (Å²) in [6.45, 7) is 2.58. The van der Waals surface area contributed by atoms with E-state index >= 15 is 0 Å². The Hall–Kier alpha value is -1.57. The number of carboxylic acid groups (broad SMARTS) is 1. The van der Waals surface area contributed by atoms with Gasteiger partial charge in [0, 0.05) is 17.9 Å². The van der Waals surface area contributed by atoms with Gasteiger partial charge in [0.25, 0.3) is 0 Å². The van der Waals surface area contributed by atoms with E-state index in [0.717, 1.165) is 17.5 Å². The summed E-state index contributed by atoms with van der Waals surface area (Å²) in [5.74, 6) is -1.84. The number of hydrogen-bond donors (Lipinski definition) is 1. The second-order valence-electron chi connectivity index (χ2n) is 7.44. The summed E-state index contributed by atoms with van der Waals surface area (Å²) in [7, 11) is 0. The Morgan fingerprint density at radius 1 is 1.43 bits per heavy atom. The zero-order valence-electron chi connectivity index (χ0n) is 12.6. The van der Waals surface area contributed by atoms with Crippen molar-refractivity contribution in [3.05, 3.63) is 17.0 Å². The van der Waals surface area contributed by atoms with Crippen LogP contribution in [0.2, 0.25) is 0 Å². The number of carbonyl (C=O) groups is 1. The Labute approximate surface area is 130 Å². The second kappa shape index (κ2) is 4.28. The molecule has 0 unspecified atom stereocenters. The first-order valence-electron chi connectivity index (χ1n) is 7.68. The number of nitrogens with zero attached hydrogens (tertiary/aromatic N) is 2. The Kier molecular flexibility index (Phi) is 2.79. The van der Waals surface area contributed by atoms with E-state index in [-0.39, 0.29) is 29.2 Å². The summed E-state index contributed by atoms with van der Waals surface area (Å²) in [5.41, 5.74) is -2.39. The van der Waals surface area contributed by atoms with Crippen LogP contribution in [0.25, 0.3) is 0 Å². The smallest absolute Gasteiger partial charge is 0.420 e. The van der Waals surface area contributed by atoms with Crippen molar-refractivity contribution in [2.75, 3.05) is 6.61 Å². The SMILES string of the molecule is CC12CC(Cn3nc(C4CC4)c(C(F)(F)F)c3C(=O)O)(CO1)C2. The van der Waals surface area contributed by atoms with Crippen molar-refractivity contribution >= 4 is 5.97 Å². The molecule has 2 aliphatic carbocycles. The molecule has 2 aliphatic heterocycles. The molecule has 126 valence electrons. The number of ether oxygens (including phenoxy) is 1. The number of aromatic carboxylic acids is 1. The molecule has 4 fully saturated rings. The molecule has 5 nitrogen and oxygen atoms in total. The fraction of sp³-hybridized carbons (Fsp3) is 0.733. The largest absolute Gasteiger partial charge is 0.477 e. The van der Waals surface area contributed by atoms with Crippen molar-refractivity contribution in [3.63, 3.8) is 0 Å². The van der Waals surface area contributed by atoms with Crippen molar-refractivity contribution in [3.8, 4) is 0 Å². The van der Waals surface area contributed by atoms with Gasteiger partial charge in [0.05, 0.1) is 17.9 Å². The molecule has 3 heterocycles. The molecule has 8 heteroatoms. The number of alkyl halides is 3. The van der Waals surface area contributed by atoms with Crippen LogP contribution in [0, 0.1) is 5.41 Å². The quantitative estimate of drug-likeness (QED) is 0.921. The van der Waals surface area contributed by atoms with Crippen LogP contribution < -0.4 is 0 Å². The Balaban J connectivity index is 1.76. The molecule has 2 bridgehead atoms. The lowest BCUT2D eigenvalue weighted by Crippen LogP contribution is -2.44. The maximum Gasteiger partial charge on any atom is 0.420 e. The number of aromatic nitrogens is 2. The van der Waals surface area contributed by atoms with Gasteiger partial charge in [0.2, 0.25) is 0 Å². The Morgan fingerprint density at radius 2 is 2.09 bits per heavy atom. The number of hydrogen-bond acceptors (Lipinski definition) is 3. The van der Waals surface area contributed by atoms with E-state index in [1.54, 1.807) is 0 Å². The van der Waals surface area contributed by atoms with Crippen LogP contribution in [0.1, 0.15) is 60.3 Å². The molecule has 0 aromatic carbocycles. The van der Waals surface area contributed by atoms with Crippen LogP contribution in [0.5, 0.6) is 0 Å². The van der Waals surface area contributed by atoms with E-state index in [1.165, 1.54) is 0 Å². The van der Waals surface area contributed by atoms with Crippen LogP contribution in [-0.4, -0.2) is 33.1 Å². The first-order chi connectivity index (χ1) is 10.6. The van der Waals surface area contributed by atoms with E-state index in [2.05, 4.69) is 5.10 Å². The predicted octanol–water partition coefficient (Wildman–Crippen LogP) is 3.05. The lowest BCUT2D eigenvalue weighted by Gasteiger charge is -2.42. The Morgan fingerprint density at radius 3 is 2.52 bits per heavy atom. The van der Waals surface area contributed by atoms with Gasteiger partial charge in [-0.25, -0.2) is 4.79 Å². The fourth-order valence-corrected chi connectivity index (χ4v) is 4.28. The van der Waals surface area contributed by atoms with Gasteiger partial charge in [-0.2, -0.15) is 18.3 Å². The summed E-state index contributed by atoms with van der Waals surface area (Å²) in [6, 6.07) is 0. The van der Waals surface area contributed by atoms with E-state index in [1.807, 2.05) is 6.92 Å². The lowest BCUT2D eigenvalue weighted by molar-refractivity contribution is -0.138. The summed E-state index contributed by atoms with van der Waals surface area (Å²) in [5, 5.41) is 13.4. The number of fused-ring (bicyclic) bond motifs is 1. The van der Waals surface area contributed by atoms with Crippen LogP contribution in [0.4, 0.5) is 13.2 Å². The molecule has 2 saturated carbocycles. The van der Waals surface area contributed by atoms with Crippen LogP contribution in [0.3, 0.4) is 0 Å². The molecule has 1 N–H and O–H groups in total. The van der Waals surface area contributed by atoms with Crippen LogP contribution >= 0.6 is 0 Å². The third kappa shape index (κ3) is 2.26. The highest BCUT2D eigenvalue weighted by molar-refractivity contribution is 5.88. The average Bonchev–Trinajstić information content (AvgIpc) is 2.98. The maximum atomic E-state index is 13.4. The molecule has 0 atom stereocenters. The van der Waals surface area contributed by atoms with E-state index in [9.17, 15) is 23.1 Å². The molecular formula is C15H17F3N2O3. The van der Waals surface area contributed by atoms with Crippen molar-refractivity contribution in [1.29, 1.82) is 0 Å². The second-order valence-corrected chi connectivity index (χ2v) is 7.44. The zero-order chi connectivity index (χ0) is 16.6. The van der Waals surface area contributed by atoms with Gasteiger partial charge in [0.15, 0.2) is 5.69 Å². The first kappa shape index (κ1) is 15.0. The highest BCUT2D eigenvalue weighted by Gasteiger charge is 2.60. The molecule has 1 aromatic heterocycles. The zero-order valence-corrected chi connectivity index (χ0v) is 12.6. The maximum absolute atomic E-state index is 13.4. The molecule has 23 heavy (non-hydrogen) atoms. The molecule has 2 saturated heterocycles. The number of carboxylic acids is 1. The van der Waals surface area contributed by atoms with Gasteiger partial charge in [-0.1, -0.05) is 0 Å². The molecule has 1 aromatic rings. The van der Waals surface area contributed by atoms with E-state index in [4.69, 9.17) is 4.74 Å². The van der Waals surface area contributed by atoms with Crippen LogP contribution in [0.15, 0.2) is 0 Å². The standard InChI is InChI=1S/C15H17F3N2O3/c1-13-4-14(5-13,7-23-13)6-20-11(12(21)22)9(15(16,17)18)10(19-20)8-2-3-8/h8H,2-7H2,1H3,(H,21,22). The molecule has 0 spiro atoms. The predicted molar refractivity (Wildman–Crippen MR) is 72.2 cm³/mol. The number of halogens is 3. The summed E-state index contributed by atoms with van der Waals surface area (Å²) >= 11 is 0. The molecule has 5 rings (SSSR count). The molecule has 4 aliphatic rings. The summed E-state index contributed by atoms with van der Waals surface area (Å²) < 4.78 is 46.9. The van der Waals surface area contributed by atoms with Gasteiger partial charge < -0.3 is 9.84 Å². The minimum atomic E-state index is -4.71. The van der Waals surface area contributed by atoms with Crippen molar-refractivity contribution < 1.29 is 27.8 Å². The Bertz CT molecular complexity index is 685. The number of rotatable bonds is 4. The topological polar surface area (TPSA) is 64.4 Å². The van der Waals surface area contributed by atoms with Crippen molar-refractivity contribution in [2.45, 2.75) is 56.8 Å². The highest BCUT2D eigenvalue weighted by atomic mass is 19.4. The third-order valence-electron chi connectivity index (χ3n) is 5.14. The van der Waals surface area contributed by atoms with Crippen molar-refractivity contribution in [2.24, 2.45) is 5.41 Å². The molecular weight excluding hydrogens is 313 g/mol. The molecule has 0 radical (unpaired) electrons. The fourth-order valence-electron chi connectivity index (χ4n) is 4.28. The minimum Gasteiger partial charge on any atom is -0.477 e. The van der Waals surface area contributed by atoms with Gasteiger partial charge in [-0.05, 0) is 32.6 Å². The average molecular weight is 330 g/mol. The minimum absolute atomic E-state index is 0.104. The summed E-state index contributed by atoms with van der Waals surface area (Å²) in [6.07, 6.45) is -1.98. The molecule has 0 amide bonds. The normalized spacial score (nSPS) is 32.9. The van der Waals surface area contributed by atoms with Gasteiger partial charge in [-0.15, -0.1) is 0 Å². The van der Waals surface area contributed by atoms with Crippen LogP contribution in [-0.2, 0) is 17.5 Å². The van der Waals surface area contributed by atoms with E-state index < -0.39 is 23.4 Å². The summed E-state index contributed by atoms with van der Waals surface area (Å²) in [4.78, 5) is 11.5. The van der Waals surface area contributed by atoms with Gasteiger partial charge >= 0.3 is 12.1 Å². The van der Waals surface area contributed by atoms with Gasteiger partial charge in [-0.3, -0.25) is 4.68 Å². The highest BCUT2D eigenvalue weighted by Crippen LogP contribution is 2.58. The van der Waals surface area contributed by atoms with E-state index in [0.29, 0.717) is 19.4 Å².